The van der Waals surface area contributed by atoms with Gasteiger partial charge in [-0.15, -0.1) is 0 Å². The fourth-order valence-electron chi connectivity index (χ4n) is 1.62. The lowest BCUT2D eigenvalue weighted by Crippen LogP contribution is -2.26. The molecule has 5 heteroatoms. The fourth-order valence-corrected chi connectivity index (χ4v) is 1.97. The number of fused-ring (bicyclic) bond motifs is 1. The lowest BCUT2D eigenvalue weighted by Gasteiger charge is -2.10. The quantitative estimate of drug-likeness (QED) is 0.942. The highest BCUT2D eigenvalue weighted by atomic mass is 79.9. The summed E-state index contributed by atoms with van der Waals surface area (Å²) in [6, 6.07) is 5.35. The molecule has 17 heavy (non-hydrogen) atoms. The Bertz CT molecular complexity index is 595. The average molecular weight is 297 g/mol. The van der Waals surface area contributed by atoms with Crippen LogP contribution in [0.15, 0.2) is 33.8 Å². The summed E-state index contributed by atoms with van der Waals surface area (Å²) in [5, 5.41) is 10.1. The number of rotatable bonds is 3. The Morgan fingerprint density at radius 3 is 3.00 bits per heavy atom. The third-order valence-corrected chi connectivity index (χ3v) is 3.16. The van der Waals surface area contributed by atoms with Crippen molar-refractivity contribution in [1.29, 1.82) is 0 Å². The topological polar surface area (TPSA) is 55.1 Å². The van der Waals surface area contributed by atoms with Gasteiger partial charge < -0.3 is 5.11 Å². The molecule has 0 spiro atoms. The molecular weight excluding hydrogens is 284 g/mol. The van der Waals surface area contributed by atoms with Crippen LogP contribution in [0.3, 0.4) is 0 Å². The molecule has 0 saturated carbocycles. The van der Waals surface area contributed by atoms with Gasteiger partial charge in [0.05, 0.1) is 29.9 Å². The van der Waals surface area contributed by atoms with E-state index >= 15 is 0 Å². The van der Waals surface area contributed by atoms with Crippen LogP contribution in [-0.2, 0) is 6.54 Å². The zero-order valence-corrected chi connectivity index (χ0v) is 11.0. The van der Waals surface area contributed by atoms with E-state index in [1.807, 2.05) is 13.0 Å². The predicted octanol–water partition coefficient (Wildman–Crippen LogP) is 1.93. The predicted molar refractivity (Wildman–Crippen MR) is 70.0 cm³/mol. The van der Waals surface area contributed by atoms with Gasteiger partial charge in [-0.05, 0) is 24.6 Å². The van der Waals surface area contributed by atoms with Crippen LogP contribution in [0.2, 0.25) is 0 Å². The van der Waals surface area contributed by atoms with Crippen molar-refractivity contribution >= 4 is 26.8 Å². The number of aromatic nitrogens is 2. The summed E-state index contributed by atoms with van der Waals surface area (Å²) < 4.78 is 2.34. The van der Waals surface area contributed by atoms with Gasteiger partial charge in [0.2, 0.25) is 0 Å². The third-order valence-electron chi connectivity index (χ3n) is 2.67. The maximum atomic E-state index is 12.1. The SMILES string of the molecule is CCC(O)Cn1cnc2cc(Br)ccc2c1=O. The van der Waals surface area contributed by atoms with Gasteiger partial charge in [-0.1, -0.05) is 22.9 Å². The maximum absolute atomic E-state index is 12.1. The summed E-state index contributed by atoms with van der Waals surface area (Å²) in [5.41, 5.74) is 0.543. The van der Waals surface area contributed by atoms with Crippen LogP contribution in [0, 0.1) is 0 Å². The minimum absolute atomic E-state index is 0.116. The molecule has 1 atom stereocenters. The van der Waals surface area contributed by atoms with E-state index in [0.29, 0.717) is 17.3 Å². The summed E-state index contributed by atoms with van der Waals surface area (Å²) in [7, 11) is 0. The molecule has 0 bridgehead atoms. The van der Waals surface area contributed by atoms with E-state index < -0.39 is 6.10 Å². The lowest BCUT2D eigenvalue weighted by atomic mass is 10.2. The first kappa shape index (κ1) is 12.3. The fraction of sp³-hybridized carbons (Fsp3) is 0.333. The number of benzene rings is 1. The van der Waals surface area contributed by atoms with E-state index in [-0.39, 0.29) is 12.1 Å². The second-order valence-corrected chi connectivity index (χ2v) is 4.84. The van der Waals surface area contributed by atoms with Gasteiger partial charge in [-0.25, -0.2) is 4.98 Å². The molecule has 0 fully saturated rings. The van der Waals surface area contributed by atoms with E-state index in [4.69, 9.17) is 0 Å². The van der Waals surface area contributed by atoms with Crippen molar-refractivity contribution in [1.82, 2.24) is 9.55 Å². The highest BCUT2D eigenvalue weighted by Crippen LogP contribution is 2.14. The number of halogens is 1. The number of aliphatic hydroxyl groups excluding tert-OH is 1. The molecule has 1 aromatic heterocycles. The van der Waals surface area contributed by atoms with Crippen LogP contribution in [0.5, 0.6) is 0 Å². The molecule has 1 aromatic carbocycles. The van der Waals surface area contributed by atoms with Crippen molar-refractivity contribution in [3.05, 3.63) is 39.4 Å². The van der Waals surface area contributed by atoms with Crippen molar-refractivity contribution < 1.29 is 5.11 Å². The molecule has 90 valence electrons. The molecule has 0 saturated heterocycles. The lowest BCUT2D eigenvalue weighted by molar-refractivity contribution is 0.148. The van der Waals surface area contributed by atoms with Crippen LogP contribution in [0.25, 0.3) is 10.9 Å². The second kappa shape index (κ2) is 4.98. The molecule has 2 aromatic rings. The van der Waals surface area contributed by atoms with Crippen molar-refractivity contribution in [2.24, 2.45) is 0 Å². The van der Waals surface area contributed by atoms with Gasteiger partial charge in [-0.3, -0.25) is 9.36 Å². The monoisotopic (exact) mass is 296 g/mol. The van der Waals surface area contributed by atoms with Crippen LogP contribution >= 0.6 is 15.9 Å². The molecule has 0 radical (unpaired) electrons. The van der Waals surface area contributed by atoms with Crippen molar-refractivity contribution in [2.75, 3.05) is 0 Å². The molecule has 0 aliphatic heterocycles. The smallest absolute Gasteiger partial charge is 0.261 e. The Morgan fingerprint density at radius 2 is 2.29 bits per heavy atom. The van der Waals surface area contributed by atoms with Crippen LogP contribution in [0.4, 0.5) is 0 Å². The standard InChI is InChI=1S/C12H13BrN2O2/c1-2-9(16)6-15-7-14-11-5-8(13)3-4-10(11)12(15)17/h3-5,7,9,16H,2,6H2,1H3. The molecule has 1 heterocycles. The zero-order valence-electron chi connectivity index (χ0n) is 9.43. The van der Waals surface area contributed by atoms with Gasteiger partial charge in [0, 0.05) is 4.47 Å². The second-order valence-electron chi connectivity index (χ2n) is 3.93. The maximum Gasteiger partial charge on any atom is 0.261 e. The van der Waals surface area contributed by atoms with Crippen molar-refractivity contribution in [3.63, 3.8) is 0 Å². The number of nitrogens with zero attached hydrogens (tertiary/aromatic N) is 2. The molecule has 0 amide bonds. The van der Waals surface area contributed by atoms with Gasteiger partial charge in [0.15, 0.2) is 0 Å². The van der Waals surface area contributed by atoms with Gasteiger partial charge in [-0.2, -0.15) is 0 Å². The van der Waals surface area contributed by atoms with E-state index in [0.717, 1.165) is 4.47 Å². The summed E-state index contributed by atoms with van der Waals surface area (Å²) in [6.07, 6.45) is 1.59. The molecule has 2 rings (SSSR count). The first-order valence-corrected chi connectivity index (χ1v) is 6.24. The molecule has 0 aliphatic carbocycles. The minimum Gasteiger partial charge on any atom is -0.391 e. The minimum atomic E-state index is -0.512. The zero-order chi connectivity index (χ0) is 12.4. The Hall–Kier alpha value is -1.20. The Kier molecular flexibility index (Phi) is 3.59. The summed E-state index contributed by atoms with van der Waals surface area (Å²) in [5.74, 6) is 0. The third kappa shape index (κ3) is 2.56. The Labute approximate surface area is 107 Å². The molecule has 1 unspecified atom stereocenters. The van der Waals surface area contributed by atoms with Crippen LogP contribution in [0.1, 0.15) is 13.3 Å². The van der Waals surface area contributed by atoms with Crippen LogP contribution < -0.4 is 5.56 Å². The van der Waals surface area contributed by atoms with Gasteiger partial charge in [0.1, 0.15) is 0 Å². The van der Waals surface area contributed by atoms with E-state index in [1.54, 1.807) is 12.1 Å². The molecular formula is C12H13BrN2O2. The number of hydrogen-bond acceptors (Lipinski definition) is 3. The normalized spacial score (nSPS) is 12.9. The van der Waals surface area contributed by atoms with Crippen molar-refractivity contribution in [3.8, 4) is 0 Å². The van der Waals surface area contributed by atoms with E-state index in [2.05, 4.69) is 20.9 Å². The molecule has 4 nitrogen and oxygen atoms in total. The Balaban J connectivity index is 2.51. The van der Waals surface area contributed by atoms with Crippen molar-refractivity contribution in [2.45, 2.75) is 26.0 Å². The summed E-state index contributed by atoms with van der Waals surface area (Å²) in [4.78, 5) is 16.3. The first-order chi connectivity index (χ1) is 8.11. The summed E-state index contributed by atoms with van der Waals surface area (Å²) >= 11 is 3.34. The van der Waals surface area contributed by atoms with Gasteiger partial charge >= 0.3 is 0 Å². The summed E-state index contributed by atoms with van der Waals surface area (Å²) in [6.45, 7) is 2.16. The largest absolute Gasteiger partial charge is 0.391 e. The van der Waals surface area contributed by atoms with E-state index in [9.17, 15) is 9.90 Å². The molecule has 0 aliphatic rings. The Morgan fingerprint density at radius 1 is 1.53 bits per heavy atom. The van der Waals surface area contributed by atoms with E-state index in [1.165, 1.54) is 10.9 Å². The van der Waals surface area contributed by atoms with Gasteiger partial charge in [0.25, 0.3) is 5.56 Å². The van der Waals surface area contributed by atoms with Crippen LogP contribution in [-0.4, -0.2) is 20.8 Å². The molecule has 1 N–H and O–H groups in total. The first-order valence-electron chi connectivity index (χ1n) is 5.44. The highest BCUT2D eigenvalue weighted by Gasteiger charge is 2.07. The average Bonchev–Trinajstić information content (AvgIpc) is 2.32. The highest BCUT2D eigenvalue weighted by molar-refractivity contribution is 9.10. The number of hydrogen-bond donors (Lipinski definition) is 1. The number of aliphatic hydroxyl groups is 1.